The molecule has 0 unspecified atom stereocenters. The quantitative estimate of drug-likeness (QED) is 0.501. The molecule has 0 saturated carbocycles. The summed E-state index contributed by atoms with van der Waals surface area (Å²) in [5.41, 5.74) is 3.44. The van der Waals surface area contributed by atoms with E-state index in [1.54, 1.807) is 7.11 Å². The third-order valence-electron chi connectivity index (χ3n) is 6.88. The van der Waals surface area contributed by atoms with Gasteiger partial charge in [-0.15, -0.1) is 12.4 Å². The molecule has 1 amide bonds. The van der Waals surface area contributed by atoms with Gasteiger partial charge in [0.2, 0.25) is 5.91 Å². The number of carbonyl (C=O) groups is 1. The molecule has 2 fully saturated rings. The van der Waals surface area contributed by atoms with Crippen LogP contribution in [0.1, 0.15) is 42.4 Å². The van der Waals surface area contributed by atoms with Gasteiger partial charge in [0.05, 0.1) is 26.7 Å². The number of halogens is 1. The first-order chi connectivity index (χ1) is 16.6. The summed E-state index contributed by atoms with van der Waals surface area (Å²) in [4.78, 5) is 18.1. The van der Waals surface area contributed by atoms with Gasteiger partial charge in [-0.1, -0.05) is 42.0 Å². The largest absolute Gasteiger partial charge is 0.497 e. The molecule has 0 spiro atoms. The van der Waals surface area contributed by atoms with Crippen molar-refractivity contribution in [3.05, 3.63) is 65.2 Å². The van der Waals surface area contributed by atoms with Crippen LogP contribution in [0.5, 0.6) is 5.75 Å². The topological polar surface area (TPSA) is 51.2 Å². The van der Waals surface area contributed by atoms with Crippen molar-refractivity contribution in [3.63, 3.8) is 0 Å². The number of rotatable bonds is 9. The first kappa shape index (κ1) is 27.5. The Morgan fingerprint density at radius 2 is 1.63 bits per heavy atom. The van der Waals surface area contributed by atoms with Crippen molar-refractivity contribution in [2.45, 2.75) is 57.9 Å². The van der Waals surface area contributed by atoms with E-state index in [1.807, 2.05) is 24.3 Å². The van der Waals surface area contributed by atoms with Crippen molar-refractivity contribution < 1.29 is 19.0 Å². The van der Waals surface area contributed by atoms with E-state index >= 15 is 0 Å². The number of ether oxygens (including phenoxy) is 3. The minimum Gasteiger partial charge on any atom is -0.497 e. The number of benzene rings is 2. The summed E-state index contributed by atoms with van der Waals surface area (Å²) in [6.45, 7) is 7.33. The number of carbonyl (C=O) groups excluding carboxylic acids is 1. The Kier molecular flexibility index (Phi) is 10.9. The lowest BCUT2D eigenvalue weighted by atomic mass is 10.00. The van der Waals surface area contributed by atoms with E-state index in [1.165, 1.54) is 11.1 Å². The van der Waals surface area contributed by atoms with E-state index in [2.05, 4.69) is 41.0 Å². The molecule has 2 aliphatic heterocycles. The molecule has 0 atom stereocenters. The highest BCUT2D eigenvalue weighted by atomic mass is 35.5. The average molecular weight is 503 g/mol. The molecular weight excluding hydrogens is 464 g/mol. The molecule has 0 N–H and O–H groups in total. The predicted octanol–water partition coefficient (Wildman–Crippen LogP) is 4.61. The Balaban J connectivity index is 0.00000342. The number of nitrogens with zero attached hydrogens (tertiary/aromatic N) is 2. The Hall–Kier alpha value is -2.12. The van der Waals surface area contributed by atoms with E-state index in [-0.39, 0.29) is 30.6 Å². The minimum absolute atomic E-state index is 0. The standard InChI is InChI=1S/C28H38N2O4.ClH/c1-22-4-6-24(7-5-22)21-30(27(31)20-23-8-10-26(32-2)11-9-23)25-12-15-29(16-13-25)17-14-28-33-18-3-19-34-28;/h4-11,25,28H,3,12-21H2,1-2H3;1H. The molecule has 7 heteroatoms. The molecule has 2 saturated heterocycles. The van der Waals surface area contributed by atoms with Crippen molar-refractivity contribution in [1.82, 2.24) is 9.80 Å². The van der Waals surface area contributed by atoms with Crippen LogP contribution in [0.25, 0.3) is 0 Å². The summed E-state index contributed by atoms with van der Waals surface area (Å²) < 4.78 is 16.7. The molecule has 4 rings (SSSR count). The molecule has 0 aliphatic carbocycles. The summed E-state index contributed by atoms with van der Waals surface area (Å²) in [6, 6.07) is 16.6. The zero-order valence-electron chi connectivity index (χ0n) is 21.0. The maximum Gasteiger partial charge on any atom is 0.227 e. The van der Waals surface area contributed by atoms with Crippen LogP contribution in [0.2, 0.25) is 0 Å². The van der Waals surface area contributed by atoms with Crippen LogP contribution in [0, 0.1) is 6.92 Å². The second-order valence-electron chi connectivity index (χ2n) is 9.42. The highest BCUT2D eigenvalue weighted by Crippen LogP contribution is 2.22. The minimum atomic E-state index is -0.0596. The molecule has 6 nitrogen and oxygen atoms in total. The van der Waals surface area contributed by atoms with Crippen LogP contribution < -0.4 is 4.74 Å². The Morgan fingerprint density at radius 1 is 1.00 bits per heavy atom. The zero-order chi connectivity index (χ0) is 23.8. The van der Waals surface area contributed by atoms with E-state index in [0.29, 0.717) is 13.0 Å². The zero-order valence-corrected chi connectivity index (χ0v) is 21.8. The first-order valence-corrected chi connectivity index (χ1v) is 12.5. The van der Waals surface area contributed by atoms with Gasteiger partial charge in [-0.2, -0.15) is 0 Å². The van der Waals surface area contributed by atoms with Crippen LogP contribution >= 0.6 is 12.4 Å². The van der Waals surface area contributed by atoms with Gasteiger partial charge in [0.1, 0.15) is 5.75 Å². The Bertz CT molecular complexity index is 892. The summed E-state index contributed by atoms with van der Waals surface area (Å²) in [5.74, 6) is 0.998. The van der Waals surface area contributed by atoms with Crippen molar-refractivity contribution >= 4 is 18.3 Å². The second kappa shape index (κ2) is 13.8. The number of hydrogen-bond donors (Lipinski definition) is 0. The van der Waals surface area contributed by atoms with Gasteiger partial charge < -0.3 is 24.0 Å². The maximum absolute atomic E-state index is 13.5. The van der Waals surface area contributed by atoms with Crippen molar-refractivity contribution in [3.8, 4) is 5.75 Å². The molecule has 2 aliphatic rings. The number of hydrogen-bond acceptors (Lipinski definition) is 5. The SMILES string of the molecule is COc1ccc(CC(=O)N(Cc2ccc(C)cc2)C2CCN(CCC3OCCCO3)CC2)cc1.Cl. The van der Waals surface area contributed by atoms with E-state index < -0.39 is 0 Å². The van der Waals surface area contributed by atoms with E-state index in [4.69, 9.17) is 14.2 Å². The van der Waals surface area contributed by atoms with Gasteiger partial charge in [-0.25, -0.2) is 0 Å². The maximum atomic E-state index is 13.5. The number of amides is 1. The van der Waals surface area contributed by atoms with Gasteiger partial charge in [-0.3, -0.25) is 4.79 Å². The molecule has 35 heavy (non-hydrogen) atoms. The smallest absolute Gasteiger partial charge is 0.227 e. The Labute approximate surface area is 215 Å². The molecule has 0 radical (unpaired) electrons. The van der Waals surface area contributed by atoms with Gasteiger partial charge in [0.25, 0.3) is 0 Å². The third kappa shape index (κ3) is 8.21. The molecule has 0 aromatic heterocycles. The number of piperidine rings is 1. The normalized spacial score (nSPS) is 17.5. The third-order valence-corrected chi connectivity index (χ3v) is 6.88. The first-order valence-electron chi connectivity index (χ1n) is 12.5. The van der Waals surface area contributed by atoms with E-state index in [0.717, 1.165) is 69.8 Å². The highest BCUT2D eigenvalue weighted by molar-refractivity contribution is 5.85. The lowest BCUT2D eigenvalue weighted by Gasteiger charge is -2.39. The molecule has 2 aromatic carbocycles. The predicted molar refractivity (Wildman–Crippen MR) is 140 cm³/mol. The van der Waals surface area contributed by atoms with Gasteiger partial charge in [-0.05, 0) is 49.4 Å². The van der Waals surface area contributed by atoms with Crippen molar-refractivity contribution in [1.29, 1.82) is 0 Å². The fourth-order valence-electron chi connectivity index (χ4n) is 4.78. The highest BCUT2D eigenvalue weighted by Gasteiger charge is 2.28. The van der Waals surface area contributed by atoms with E-state index in [9.17, 15) is 4.79 Å². The summed E-state index contributed by atoms with van der Waals surface area (Å²) in [7, 11) is 1.66. The lowest BCUT2D eigenvalue weighted by Crippen LogP contribution is -2.48. The second-order valence-corrected chi connectivity index (χ2v) is 9.42. The molecule has 192 valence electrons. The lowest BCUT2D eigenvalue weighted by molar-refractivity contribution is -0.182. The Morgan fingerprint density at radius 3 is 2.26 bits per heavy atom. The van der Waals surface area contributed by atoms with Crippen molar-refractivity contribution in [2.75, 3.05) is 40.0 Å². The molecule has 2 aromatic rings. The number of likely N-dealkylation sites (tertiary alicyclic amines) is 1. The summed E-state index contributed by atoms with van der Waals surface area (Å²) >= 11 is 0. The summed E-state index contributed by atoms with van der Waals surface area (Å²) in [5, 5.41) is 0. The van der Waals surface area contributed by atoms with Gasteiger partial charge in [0.15, 0.2) is 6.29 Å². The average Bonchev–Trinajstić information content (AvgIpc) is 2.88. The monoisotopic (exact) mass is 502 g/mol. The summed E-state index contributed by atoms with van der Waals surface area (Å²) in [6.07, 6.45) is 4.24. The van der Waals surface area contributed by atoms with Gasteiger partial charge in [0, 0.05) is 38.6 Å². The molecular formula is C28H39ClN2O4. The fraction of sp³-hybridized carbons (Fsp3) is 0.536. The van der Waals surface area contributed by atoms with Gasteiger partial charge >= 0.3 is 0 Å². The van der Waals surface area contributed by atoms with Crippen LogP contribution in [0.15, 0.2) is 48.5 Å². The van der Waals surface area contributed by atoms with Crippen molar-refractivity contribution in [2.24, 2.45) is 0 Å². The molecule has 2 heterocycles. The van der Waals surface area contributed by atoms with Crippen LogP contribution in [-0.4, -0.2) is 68.0 Å². The fourth-order valence-corrected chi connectivity index (χ4v) is 4.78. The van der Waals surface area contributed by atoms with Crippen LogP contribution in [-0.2, 0) is 27.2 Å². The number of methoxy groups -OCH3 is 1. The van der Waals surface area contributed by atoms with Crippen LogP contribution in [0.4, 0.5) is 0 Å². The number of aryl methyl sites for hydroxylation is 1. The molecule has 0 bridgehead atoms. The van der Waals surface area contributed by atoms with Crippen LogP contribution in [0.3, 0.4) is 0 Å².